The third-order valence-electron chi connectivity index (χ3n) is 3.93. The van der Waals surface area contributed by atoms with Gasteiger partial charge in [-0.1, -0.05) is 6.92 Å². The molecule has 1 aromatic heterocycles. The number of fused-ring (bicyclic) bond motifs is 3. The second kappa shape index (κ2) is 4.90. The normalized spacial score (nSPS) is 31.7. The van der Waals surface area contributed by atoms with Crippen molar-refractivity contribution in [3.05, 3.63) is 5.69 Å². The molecule has 4 rings (SSSR count). The van der Waals surface area contributed by atoms with E-state index in [1.54, 1.807) is 0 Å². The monoisotopic (exact) mass is 253 g/mol. The summed E-state index contributed by atoms with van der Waals surface area (Å²) in [5, 5.41) is 0. The lowest BCUT2D eigenvalue weighted by molar-refractivity contribution is 0.0841. The van der Waals surface area contributed by atoms with Crippen LogP contribution in [-0.2, 0) is 0 Å². The number of ether oxygens (including phenoxy) is 1. The molecule has 0 spiro atoms. The van der Waals surface area contributed by atoms with Gasteiger partial charge in [0.2, 0.25) is 5.88 Å². The standard InChI is InChI=1S/C12H19N3OS/c1-2-7-16-12-11(13-17-14-12)10-8-15-5-3-9(10)4-6-15/h9-10H,2-8H2,1H3. The van der Waals surface area contributed by atoms with Crippen molar-refractivity contribution >= 4 is 11.7 Å². The third kappa shape index (κ3) is 2.18. The van der Waals surface area contributed by atoms with Crippen LogP contribution in [0.5, 0.6) is 5.88 Å². The van der Waals surface area contributed by atoms with E-state index in [4.69, 9.17) is 4.74 Å². The molecule has 1 unspecified atom stereocenters. The van der Waals surface area contributed by atoms with E-state index in [0.717, 1.165) is 37.1 Å². The Balaban J connectivity index is 1.77. The van der Waals surface area contributed by atoms with Gasteiger partial charge in [-0.25, -0.2) is 0 Å². The summed E-state index contributed by atoms with van der Waals surface area (Å²) in [7, 11) is 0. The van der Waals surface area contributed by atoms with Gasteiger partial charge in [-0.3, -0.25) is 0 Å². The molecule has 0 radical (unpaired) electrons. The average Bonchev–Trinajstić information content (AvgIpc) is 2.86. The Hall–Kier alpha value is -0.680. The minimum Gasteiger partial charge on any atom is -0.476 e. The van der Waals surface area contributed by atoms with Crippen LogP contribution in [0, 0.1) is 5.92 Å². The maximum absolute atomic E-state index is 5.71. The Morgan fingerprint density at radius 1 is 1.35 bits per heavy atom. The summed E-state index contributed by atoms with van der Waals surface area (Å²) < 4.78 is 14.5. The number of nitrogens with zero attached hydrogens (tertiary/aromatic N) is 3. The molecule has 0 N–H and O–H groups in total. The molecule has 0 aliphatic carbocycles. The molecule has 5 heteroatoms. The van der Waals surface area contributed by atoms with Gasteiger partial charge in [0.25, 0.3) is 0 Å². The first kappa shape index (κ1) is 11.4. The summed E-state index contributed by atoms with van der Waals surface area (Å²) in [5.74, 6) is 2.16. The van der Waals surface area contributed by atoms with Crippen LogP contribution < -0.4 is 4.74 Å². The largest absolute Gasteiger partial charge is 0.476 e. The minimum atomic E-state index is 0.558. The van der Waals surface area contributed by atoms with Gasteiger partial charge in [0.15, 0.2) is 0 Å². The van der Waals surface area contributed by atoms with Crippen molar-refractivity contribution in [3.63, 3.8) is 0 Å². The predicted octanol–water partition coefficient (Wildman–Crippen LogP) is 2.14. The molecule has 4 nitrogen and oxygen atoms in total. The van der Waals surface area contributed by atoms with Crippen LogP contribution in [0.3, 0.4) is 0 Å². The molecule has 0 aromatic carbocycles. The summed E-state index contributed by atoms with van der Waals surface area (Å²) >= 11 is 1.29. The summed E-state index contributed by atoms with van der Waals surface area (Å²) in [5.41, 5.74) is 1.12. The van der Waals surface area contributed by atoms with Gasteiger partial charge in [0.05, 0.1) is 18.3 Å². The second-order valence-electron chi connectivity index (χ2n) is 5.05. The zero-order chi connectivity index (χ0) is 11.7. The fourth-order valence-electron chi connectivity index (χ4n) is 2.99. The molecule has 4 heterocycles. The number of hydrogen-bond donors (Lipinski definition) is 0. The number of rotatable bonds is 4. The predicted molar refractivity (Wildman–Crippen MR) is 67.6 cm³/mol. The van der Waals surface area contributed by atoms with Gasteiger partial charge >= 0.3 is 0 Å². The molecule has 3 saturated heterocycles. The molecule has 3 aliphatic heterocycles. The number of aromatic nitrogens is 2. The second-order valence-corrected chi connectivity index (χ2v) is 5.58. The zero-order valence-electron chi connectivity index (χ0n) is 10.3. The van der Waals surface area contributed by atoms with Crippen LogP contribution in [0.15, 0.2) is 0 Å². The molecule has 0 saturated carbocycles. The van der Waals surface area contributed by atoms with E-state index in [-0.39, 0.29) is 0 Å². The van der Waals surface area contributed by atoms with E-state index in [0.29, 0.717) is 5.92 Å². The lowest BCUT2D eigenvalue weighted by Crippen LogP contribution is -2.46. The summed E-state index contributed by atoms with van der Waals surface area (Å²) in [6, 6.07) is 0. The maximum Gasteiger partial charge on any atom is 0.249 e. The Morgan fingerprint density at radius 3 is 2.82 bits per heavy atom. The van der Waals surface area contributed by atoms with Gasteiger partial charge in [0.1, 0.15) is 5.69 Å². The van der Waals surface area contributed by atoms with Crippen LogP contribution >= 0.6 is 11.7 Å². The number of piperidine rings is 3. The van der Waals surface area contributed by atoms with Crippen LogP contribution in [0.4, 0.5) is 0 Å². The van der Waals surface area contributed by atoms with Crippen LogP contribution in [0.1, 0.15) is 37.8 Å². The van der Waals surface area contributed by atoms with Gasteiger partial charge in [-0.2, -0.15) is 4.37 Å². The van der Waals surface area contributed by atoms with Crippen molar-refractivity contribution in [2.24, 2.45) is 5.92 Å². The van der Waals surface area contributed by atoms with Crippen molar-refractivity contribution in [1.82, 2.24) is 13.6 Å². The van der Waals surface area contributed by atoms with Crippen molar-refractivity contribution < 1.29 is 4.74 Å². The lowest BCUT2D eigenvalue weighted by Gasteiger charge is -2.44. The Morgan fingerprint density at radius 2 is 2.18 bits per heavy atom. The Kier molecular flexibility index (Phi) is 3.29. The number of hydrogen-bond acceptors (Lipinski definition) is 5. The topological polar surface area (TPSA) is 38.3 Å². The first-order chi connectivity index (χ1) is 8.38. The Bertz CT molecular complexity index is 374. The maximum atomic E-state index is 5.71. The highest BCUT2D eigenvalue weighted by molar-refractivity contribution is 6.99. The van der Waals surface area contributed by atoms with Gasteiger partial charge in [-0.05, 0) is 38.3 Å². The minimum absolute atomic E-state index is 0.558. The summed E-state index contributed by atoms with van der Waals surface area (Å²) in [6.45, 7) is 6.56. The van der Waals surface area contributed by atoms with Crippen LogP contribution in [-0.4, -0.2) is 39.9 Å². The van der Waals surface area contributed by atoms with Crippen LogP contribution in [0.25, 0.3) is 0 Å². The average molecular weight is 253 g/mol. The van der Waals surface area contributed by atoms with E-state index in [1.165, 1.54) is 37.7 Å². The van der Waals surface area contributed by atoms with Gasteiger partial charge < -0.3 is 9.64 Å². The molecule has 1 atom stereocenters. The summed E-state index contributed by atoms with van der Waals surface area (Å²) in [6.07, 6.45) is 3.65. The highest BCUT2D eigenvalue weighted by Gasteiger charge is 2.38. The molecule has 2 bridgehead atoms. The SMILES string of the molecule is CCCOc1nsnc1C1CN2CCC1CC2. The highest BCUT2D eigenvalue weighted by Crippen LogP contribution is 2.41. The summed E-state index contributed by atoms with van der Waals surface area (Å²) in [4.78, 5) is 2.55. The fourth-order valence-corrected chi connectivity index (χ4v) is 3.55. The fraction of sp³-hybridized carbons (Fsp3) is 0.833. The molecule has 3 aliphatic rings. The first-order valence-corrected chi connectivity index (χ1v) is 7.29. The van der Waals surface area contributed by atoms with E-state index in [2.05, 4.69) is 20.6 Å². The molecule has 94 valence electrons. The lowest BCUT2D eigenvalue weighted by atomic mass is 9.77. The van der Waals surface area contributed by atoms with Gasteiger partial charge in [-0.15, -0.1) is 4.37 Å². The van der Waals surface area contributed by atoms with E-state index in [1.807, 2.05) is 0 Å². The van der Waals surface area contributed by atoms with Crippen molar-refractivity contribution in [3.8, 4) is 5.88 Å². The van der Waals surface area contributed by atoms with E-state index >= 15 is 0 Å². The highest BCUT2D eigenvalue weighted by atomic mass is 32.1. The molecular weight excluding hydrogens is 234 g/mol. The van der Waals surface area contributed by atoms with Crippen LogP contribution in [0.2, 0.25) is 0 Å². The van der Waals surface area contributed by atoms with Crippen molar-refractivity contribution in [1.29, 1.82) is 0 Å². The Labute approximate surface area is 106 Å². The molecule has 1 aromatic rings. The molecule has 0 amide bonds. The van der Waals surface area contributed by atoms with E-state index in [9.17, 15) is 0 Å². The van der Waals surface area contributed by atoms with Crippen molar-refractivity contribution in [2.45, 2.75) is 32.1 Å². The quantitative estimate of drug-likeness (QED) is 0.824. The molecular formula is C12H19N3OS. The first-order valence-electron chi connectivity index (χ1n) is 6.56. The smallest absolute Gasteiger partial charge is 0.249 e. The zero-order valence-corrected chi connectivity index (χ0v) is 11.1. The molecule has 3 fully saturated rings. The van der Waals surface area contributed by atoms with Crippen molar-refractivity contribution in [2.75, 3.05) is 26.2 Å². The third-order valence-corrected chi connectivity index (χ3v) is 4.46. The molecule has 17 heavy (non-hydrogen) atoms. The van der Waals surface area contributed by atoms with E-state index < -0.39 is 0 Å². The van der Waals surface area contributed by atoms with Gasteiger partial charge in [0, 0.05) is 12.5 Å².